The lowest BCUT2D eigenvalue weighted by molar-refractivity contribution is 0.601. The first kappa shape index (κ1) is 14.7. The third kappa shape index (κ3) is 3.05. The summed E-state index contributed by atoms with van der Waals surface area (Å²) in [6.45, 7) is 3.73. The Hall–Kier alpha value is -1.72. The van der Waals surface area contributed by atoms with E-state index in [2.05, 4.69) is 4.72 Å². The van der Waals surface area contributed by atoms with E-state index >= 15 is 0 Å². The Morgan fingerprint density at radius 2 is 1.80 bits per heavy atom. The number of sulfonamides is 1. The van der Waals surface area contributed by atoms with Gasteiger partial charge in [-0.3, -0.25) is 4.72 Å². The van der Waals surface area contributed by atoms with Crippen LogP contribution in [0.5, 0.6) is 0 Å². The van der Waals surface area contributed by atoms with Crippen molar-refractivity contribution in [3.8, 4) is 0 Å². The van der Waals surface area contributed by atoms with Crippen LogP contribution < -0.4 is 10.5 Å². The standard InChI is InChI=1S/C14H15ClN2O2S/c1-9-3-4-10(2)13(7-9)17-20(18,19)14-6-5-11(15)8-12(14)16/h3-8,17H,16H2,1-2H3. The van der Waals surface area contributed by atoms with Crippen molar-refractivity contribution in [3.63, 3.8) is 0 Å². The Morgan fingerprint density at radius 1 is 1.10 bits per heavy atom. The van der Waals surface area contributed by atoms with Crippen LogP contribution in [0, 0.1) is 13.8 Å². The highest BCUT2D eigenvalue weighted by Gasteiger charge is 2.18. The molecule has 0 spiro atoms. The van der Waals surface area contributed by atoms with Crippen molar-refractivity contribution >= 4 is 33.0 Å². The molecule has 2 aromatic carbocycles. The van der Waals surface area contributed by atoms with Crippen molar-refractivity contribution < 1.29 is 8.42 Å². The van der Waals surface area contributed by atoms with Gasteiger partial charge < -0.3 is 5.73 Å². The number of aryl methyl sites for hydroxylation is 2. The number of halogens is 1. The second-order valence-electron chi connectivity index (χ2n) is 4.61. The Labute approximate surface area is 123 Å². The van der Waals surface area contributed by atoms with Crippen molar-refractivity contribution in [1.82, 2.24) is 0 Å². The first-order valence-corrected chi connectivity index (χ1v) is 7.81. The number of benzene rings is 2. The van der Waals surface area contributed by atoms with Gasteiger partial charge in [-0.15, -0.1) is 0 Å². The number of hydrogen-bond acceptors (Lipinski definition) is 3. The summed E-state index contributed by atoms with van der Waals surface area (Å²) in [4.78, 5) is 0.0165. The van der Waals surface area contributed by atoms with E-state index in [-0.39, 0.29) is 10.6 Å². The third-order valence-corrected chi connectivity index (χ3v) is 4.57. The maximum Gasteiger partial charge on any atom is 0.263 e. The van der Waals surface area contributed by atoms with Gasteiger partial charge in [0.25, 0.3) is 10.0 Å². The zero-order chi connectivity index (χ0) is 14.9. The molecule has 0 radical (unpaired) electrons. The SMILES string of the molecule is Cc1ccc(C)c(NS(=O)(=O)c2ccc(Cl)cc2N)c1. The van der Waals surface area contributed by atoms with Crippen molar-refractivity contribution in [2.24, 2.45) is 0 Å². The molecule has 0 unspecified atom stereocenters. The summed E-state index contributed by atoms with van der Waals surface area (Å²) in [6, 6.07) is 9.86. The molecule has 20 heavy (non-hydrogen) atoms. The number of hydrogen-bond donors (Lipinski definition) is 2. The molecule has 4 nitrogen and oxygen atoms in total. The molecule has 0 amide bonds. The highest BCUT2D eigenvalue weighted by atomic mass is 35.5. The average Bonchev–Trinajstić information content (AvgIpc) is 2.33. The van der Waals surface area contributed by atoms with Crippen LogP contribution in [-0.4, -0.2) is 8.42 Å². The zero-order valence-corrected chi connectivity index (χ0v) is 12.7. The fourth-order valence-electron chi connectivity index (χ4n) is 1.81. The van der Waals surface area contributed by atoms with Gasteiger partial charge in [0.05, 0.1) is 11.4 Å². The van der Waals surface area contributed by atoms with Crippen LogP contribution in [0.25, 0.3) is 0 Å². The van der Waals surface area contributed by atoms with E-state index < -0.39 is 10.0 Å². The summed E-state index contributed by atoms with van der Waals surface area (Å²) in [5, 5.41) is 0.396. The van der Waals surface area contributed by atoms with Crippen LogP contribution in [0.2, 0.25) is 5.02 Å². The Morgan fingerprint density at radius 3 is 2.45 bits per heavy atom. The van der Waals surface area contributed by atoms with E-state index in [9.17, 15) is 8.42 Å². The van der Waals surface area contributed by atoms with Gasteiger partial charge in [-0.2, -0.15) is 0 Å². The topological polar surface area (TPSA) is 72.2 Å². The molecule has 106 valence electrons. The lowest BCUT2D eigenvalue weighted by Crippen LogP contribution is -2.15. The van der Waals surface area contributed by atoms with Gasteiger partial charge in [0, 0.05) is 5.02 Å². The van der Waals surface area contributed by atoms with Crippen molar-refractivity contribution in [3.05, 3.63) is 52.5 Å². The van der Waals surface area contributed by atoms with E-state index in [1.54, 1.807) is 6.07 Å². The van der Waals surface area contributed by atoms with Gasteiger partial charge in [0.2, 0.25) is 0 Å². The molecule has 0 saturated carbocycles. The van der Waals surface area contributed by atoms with Gasteiger partial charge in [-0.25, -0.2) is 8.42 Å². The summed E-state index contributed by atoms with van der Waals surface area (Å²) >= 11 is 5.78. The Balaban J connectivity index is 2.43. The number of nitrogen functional groups attached to an aromatic ring is 1. The summed E-state index contributed by atoms with van der Waals surface area (Å²) in [5.74, 6) is 0. The van der Waals surface area contributed by atoms with Crippen LogP contribution in [0.1, 0.15) is 11.1 Å². The summed E-state index contributed by atoms with van der Waals surface area (Å²) in [7, 11) is -3.73. The van der Waals surface area contributed by atoms with Gasteiger partial charge in [0.1, 0.15) is 4.90 Å². The van der Waals surface area contributed by atoms with Crippen LogP contribution >= 0.6 is 11.6 Å². The van der Waals surface area contributed by atoms with Crippen LogP contribution in [0.3, 0.4) is 0 Å². The predicted octanol–water partition coefficient (Wildman–Crippen LogP) is 3.34. The molecular formula is C14H15ClN2O2S. The predicted molar refractivity (Wildman–Crippen MR) is 82.6 cm³/mol. The van der Waals surface area contributed by atoms with Gasteiger partial charge in [0.15, 0.2) is 0 Å². The summed E-state index contributed by atoms with van der Waals surface area (Å²) in [6.07, 6.45) is 0. The molecule has 0 aliphatic carbocycles. The molecule has 2 rings (SSSR count). The second kappa shape index (κ2) is 5.34. The molecule has 0 saturated heterocycles. The molecule has 0 fully saturated rings. The normalized spacial score (nSPS) is 11.3. The molecule has 0 atom stereocenters. The van der Waals surface area contributed by atoms with Gasteiger partial charge >= 0.3 is 0 Å². The van der Waals surface area contributed by atoms with Gasteiger partial charge in [-0.1, -0.05) is 23.7 Å². The highest BCUT2D eigenvalue weighted by molar-refractivity contribution is 7.92. The average molecular weight is 311 g/mol. The fourth-order valence-corrected chi connectivity index (χ4v) is 3.23. The summed E-state index contributed by atoms with van der Waals surface area (Å²) in [5.41, 5.74) is 8.20. The molecule has 0 aromatic heterocycles. The fraction of sp³-hybridized carbons (Fsp3) is 0.143. The van der Waals surface area contributed by atoms with Crippen LogP contribution in [0.4, 0.5) is 11.4 Å². The lowest BCUT2D eigenvalue weighted by atomic mass is 10.1. The van der Waals surface area contributed by atoms with E-state index in [1.165, 1.54) is 18.2 Å². The van der Waals surface area contributed by atoms with Crippen LogP contribution in [-0.2, 0) is 10.0 Å². The third-order valence-electron chi connectivity index (χ3n) is 2.90. The number of nitrogens with one attached hydrogen (secondary N) is 1. The van der Waals surface area contributed by atoms with E-state index in [0.29, 0.717) is 10.7 Å². The number of nitrogens with two attached hydrogens (primary N) is 1. The zero-order valence-electron chi connectivity index (χ0n) is 11.1. The molecule has 0 aliphatic heterocycles. The largest absolute Gasteiger partial charge is 0.398 e. The lowest BCUT2D eigenvalue weighted by Gasteiger charge is -2.13. The van der Waals surface area contributed by atoms with Gasteiger partial charge in [-0.05, 0) is 49.2 Å². The van der Waals surface area contributed by atoms with E-state index in [4.69, 9.17) is 17.3 Å². The monoisotopic (exact) mass is 310 g/mol. The molecular weight excluding hydrogens is 296 g/mol. The number of rotatable bonds is 3. The van der Waals surface area contributed by atoms with Crippen molar-refractivity contribution in [2.75, 3.05) is 10.5 Å². The highest BCUT2D eigenvalue weighted by Crippen LogP contribution is 2.26. The molecule has 6 heteroatoms. The van der Waals surface area contributed by atoms with E-state index in [0.717, 1.165) is 11.1 Å². The summed E-state index contributed by atoms with van der Waals surface area (Å²) < 4.78 is 27.3. The maximum atomic E-state index is 12.4. The first-order valence-electron chi connectivity index (χ1n) is 5.95. The minimum absolute atomic E-state index is 0.0165. The molecule has 0 heterocycles. The number of anilines is 2. The minimum atomic E-state index is -3.73. The van der Waals surface area contributed by atoms with Crippen molar-refractivity contribution in [1.29, 1.82) is 0 Å². The molecule has 0 aliphatic rings. The minimum Gasteiger partial charge on any atom is -0.398 e. The Bertz CT molecular complexity index is 758. The quantitative estimate of drug-likeness (QED) is 0.854. The molecule has 3 N–H and O–H groups in total. The maximum absolute atomic E-state index is 12.4. The molecule has 2 aromatic rings. The Kier molecular flexibility index (Phi) is 3.92. The first-order chi connectivity index (χ1) is 9.29. The molecule has 0 bridgehead atoms. The van der Waals surface area contributed by atoms with Crippen LogP contribution in [0.15, 0.2) is 41.3 Å². The van der Waals surface area contributed by atoms with E-state index in [1.807, 2.05) is 26.0 Å². The smallest absolute Gasteiger partial charge is 0.263 e. The van der Waals surface area contributed by atoms with Crippen molar-refractivity contribution in [2.45, 2.75) is 18.7 Å². The second-order valence-corrected chi connectivity index (χ2v) is 6.69.